The van der Waals surface area contributed by atoms with Crippen molar-refractivity contribution in [2.24, 2.45) is 46.8 Å². The summed E-state index contributed by atoms with van der Waals surface area (Å²) >= 11 is 0. The standard InChI is InChI=1S/C21H32O2/c1-20(23)7-5-14-12(11-20)3-4-16-15(14)6-8-21(2)18(16)10-13-9-17(13)19(21)22/h12-18,23H,3-11H2,1-2H3/t12-,13+,14+,15-,16-,17+,18+,20-,21+/m1/s1. The highest BCUT2D eigenvalue weighted by molar-refractivity contribution is 5.90. The number of carbonyl (C=O) groups excluding carboxylic acids is 1. The van der Waals surface area contributed by atoms with E-state index in [-0.39, 0.29) is 5.41 Å². The first-order valence-corrected chi connectivity index (χ1v) is 10.2. The fourth-order valence-electron chi connectivity index (χ4n) is 7.72. The second-order valence-corrected chi connectivity index (χ2v) is 10.3. The van der Waals surface area contributed by atoms with Crippen LogP contribution in [0, 0.1) is 46.8 Å². The number of rotatable bonds is 0. The molecule has 5 aliphatic rings. The molecule has 5 saturated carbocycles. The van der Waals surface area contributed by atoms with Gasteiger partial charge in [0.1, 0.15) is 5.78 Å². The number of carbonyl (C=O) groups is 1. The molecule has 23 heavy (non-hydrogen) atoms. The molecule has 0 radical (unpaired) electrons. The summed E-state index contributed by atoms with van der Waals surface area (Å²) in [6.07, 6.45) is 10.9. The van der Waals surface area contributed by atoms with E-state index in [1.807, 2.05) is 6.92 Å². The second kappa shape index (κ2) is 4.62. The molecule has 0 aromatic rings. The van der Waals surface area contributed by atoms with Gasteiger partial charge in [-0.05, 0) is 100 Å². The molecule has 0 heterocycles. The Balaban J connectivity index is 1.41. The van der Waals surface area contributed by atoms with Crippen molar-refractivity contribution in [3.05, 3.63) is 0 Å². The maximum atomic E-state index is 12.9. The van der Waals surface area contributed by atoms with E-state index < -0.39 is 5.60 Å². The molecule has 0 aliphatic heterocycles. The molecule has 5 fully saturated rings. The molecule has 5 rings (SSSR count). The summed E-state index contributed by atoms with van der Waals surface area (Å²) in [5.41, 5.74) is -0.398. The molecule has 0 bridgehead atoms. The fraction of sp³-hybridized carbons (Fsp3) is 0.952. The molecule has 0 aromatic heterocycles. The Hall–Kier alpha value is -0.370. The lowest BCUT2D eigenvalue weighted by atomic mass is 9.46. The topological polar surface area (TPSA) is 37.3 Å². The van der Waals surface area contributed by atoms with Crippen LogP contribution in [0.3, 0.4) is 0 Å². The third-order valence-corrected chi connectivity index (χ3v) is 9.01. The smallest absolute Gasteiger partial charge is 0.142 e. The van der Waals surface area contributed by atoms with Crippen LogP contribution < -0.4 is 0 Å². The predicted molar refractivity (Wildman–Crippen MR) is 89.7 cm³/mol. The Morgan fingerprint density at radius 2 is 1.70 bits per heavy atom. The van der Waals surface area contributed by atoms with Gasteiger partial charge in [-0.25, -0.2) is 0 Å². The molecule has 2 heteroatoms. The molecule has 2 nitrogen and oxygen atoms in total. The number of fused-ring (bicyclic) bond motifs is 6. The summed E-state index contributed by atoms with van der Waals surface area (Å²) in [5.74, 6) is 5.78. The number of ketones is 1. The third kappa shape index (κ3) is 2.06. The van der Waals surface area contributed by atoms with Gasteiger partial charge in [-0.2, -0.15) is 0 Å². The van der Waals surface area contributed by atoms with Gasteiger partial charge in [0.15, 0.2) is 0 Å². The Kier molecular flexibility index (Phi) is 3.00. The molecule has 0 aromatic carbocycles. The summed E-state index contributed by atoms with van der Waals surface area (Å²) in [6.45, 7) is 4.36. The zero-order chi connectivity index (χ0) is 16.0. The number of hydrogen-bond acceptors (Lipinski definition) is 2. The van der Waals surface area contributed by atoms with Crippen LogP contribution in [0.15, 0.2) is 0 Å². The lowest BCUT2D eigenvalue weighted by molar-refractivity contribution is -0.150. The maximum absolute atomic E-state index is 12.9. The van der Waals surface area contributed by atoms with E-state index in [1.165, 1.54) is 38.5 Å². The second-order valence-electron chi connectivity index (χ2n) is 10.3. The molecule has 128 valence electrons. The van der Waals surface area contributed by atoms with E-state index in [0.29, 0.717) is 17.6 Å². The zero-order valence-corrected chi connectivity index (χ0v) is 14.8. The van der Waals surface area contributed by atoms with E-state index in [4.69, 9.17) is 0 Å². The van der Waals surface area contributed by atoms with E-state index in [9.17, 15) is 9.90 Å². The van der Waals surface area contributed by atoms with Crippen molar-refractivity contribution in [3.63, 3.8) is 0 Å². The average molecular weight is 316 g/mol. The van der Waals surface area contributed by atoms with Crippen molar-refractivity contribution in [1.82, 2.24) is 0 Å². The van der Waals surface area contributed by atoms with E-state index in [1.54, 1.807) is 0 Å². The van der Waals surface area contributed by atoms with Crippen LogP contribution >= 0.6 is 0 Å². The predicted octanol–water partition coefficient (Wildman–Crippen LogP) is 4.21. The Labute approximate surface area is 140 Å². The molecule has 0 amide bonds. The van der Waals surface area contributed by atoms with Crippen molar-refractivity contribution < 1.29 is 9.90 Å². The summed E-state index contributed by atoms with van der Waals surface area (Å²) < 4.78 is 0. The van der Waals surface area contributed by atoms with Gasteiger partial charge in [-0.15, -0.1) is 0 Å². The Morgan fingerprint density at radius 1 is 0.913 bits per heavy atom. The first-order valence-electron chi connectivity index (χ1n) is 10.2. The van der Waals surface area contributed by atoms with Crippen LogP contribution in [-0.2, 0) is 4.79 Å². The molecule has 9 atom stereocenters. The Morgan fingerprint density at radius 3 is 2.52 bits per heavy atom. The van der Waals surface area contributed by atoms with Gasteiger partial charge < -0.3 is 5.11 Å². The summed E-state index contributed by atoms with van der Waals surface area (Å²) in [6, 6.07) is 0. The van der Waals surface area contributed by atoms with Gasteiger partial charge in [0.25, 0.3) is 0 Å². The fourth-order valence-corrected chi connectivity index (χ4v) is 7.72. The Bertz CT molecular complexity index is 538. The lowest BCUT2D eigenvalue weighted by Crippen LogP contribution is -2.54. The summed E-state index contributed by atoms with van der Waals surface area (Å²) in [4.78, 5) is 12.9. The highest BCUT2D eigenvalue weighted by atomic mass is 16.3. The van der Waals surface area contributed by atoms with E-state index >= 15 is 0 Å². The van der Waals surface area contributed by atoms with E-state index in [0.717, 1.165) is 48.9 Å². The number of Topliss-reactive ketones (excluding diaryl/α,β-unsaturated/α-hetero) is 1. The van der Waals surface area contributed by atoms with Crippen molar-refractivity contribution in [3.8, 4) is 0 Å². The highest BCUT2D eigenvalue weighted by Gasteiger charge is 2.63. The number of aliphatic hydroxyl groups is 1. The SMILES string of the molecule is C[C@@]1(O)CC[C@H]2[C@H](CC[C@@H]3[C@@H]2CC[C@]2(C)C(=O)[C@H]4C[C@H]4C[C@@H]32)C1. The third-order valence-electron chi connectivity index (χ3n) is 9.01. The normalized spacial score (nSPS) is 61.0. The van der Waals surface area contributed by atoms with Crippen LogP contribution in [0.4, 0.5) is 0 Å². The average Bonchev–Trinajstić information content (AvgIpc) is 3.27. The van der Waals surface area contributed by atoms with Crippen LogP contribution in [0.2, 0.25) is 0 Å². The first-order chi connectivity index (χ1) is 10.9. The molecule has 0 saturated heterocycles. The minimum Gasteiger partial charge on any atom is -0.390 e. The van der Waals surface area contributed by atoms with Crippen LogP contribution in [0.1, 0.15) is 71.6 Å². The van der Waals surface area contributed by atoms with Gasteiger partial charge in [0, 0.05) is 11.3 Å². The van der Waals surface area contributed by atoms with Crippen LogP contribution in [0.5, 0.6) is 0 Å². The van der Waals surface area contributed by atoms with Crippen molar-refractivity contribution in [2.75, 3.05) is 0 Å². The first kappa shape index (κ1) is 14.9. The zero-order valence-electron chi connectivity index (χ0n) is 14.8. The van der Waals surface area contributed by atoms with Crippen LogP contribution in [0.25, 0.3) is 0 Å². The number of hydrogen-bond donors (Lipinski definition) is 1. The minimum absolute atomic E-state index is 0.0197. The van der Waals surface area contributed by atoms with Gasteiger partial charge in [-0.3, -0.25) is 4.79 Å². The van der Waals surface area contributed by atoms with Crippen molar-refractivity contribution in [1.29, 1.82) is 0 Å². The maximum Gasteiger partial charge on any atom is 0.142 e. The van der Waals surface area contributed by atoms with Gasteiger partial charge >= 0.3 is 0 Å². The largest absolute Gasteiger partial charge is 0.390 e. The van der Waals surface area contributed by atoms with E-state index in [2.05, 4.69) is 6.92 Å². The summed E-state index contributed by atoms with van der Waals surface area (Å²) in [7, 11) is 0. The quantitative estimate of drug-likeness (QED) is 0.727. The molecule has 5 aliphatic carbocycles. The van der Waals surface area contributed by atoms with Gasteiger partial charge in [0.05, 0.1) is 5.60 Å². The van der Waals surface area contributed by atoms with Gasteiger partial charge in [-0.1, -0.05) is 6.92 Å². The molecule has 0 spiro atoms. The molecule has 1 N–H and O–H groups in total. The monoisotopic (exact) mass is 316 g/mol. The van der Waals surface area contributed by atoms with Crippen molar-refractivity contribution in [2.45, 2.75) is 77.2 Å². The lowest BCUT2D eigenvalue weighted by Gasteiger charge is -2.58. The molecular weight excluding hydrogens is 284 g/mol. The van der Waals surface area contributed by atoms with Crippen LogP contribution in [-0.4, -0.2) is 16.5 Å². The highest BCUT2D eigenvalue weighted by Crippen LogP contribution is 2.66. The summed E-state index contributed by atoms with van der Waals surface area (Å²) in [5, 5.41) is 10.5. The van der Waals surface area contributed by atoms with Crippen molar-refractivity contribution >= 4 is 5.78 Å². The molecule has 0 unspecified atom stereocenters. The minimum atomic E-state index is -0.417. The molecular formula is C21H32O2. The van der Waals surface area contributed by atoms with Gasteiger partial charge in [0.2, 0.25) is 0 Å².